The summed E-state index contributed by atoms with van der Waals surface area (Å²) in [6, 6.07) is 9.84. The van der Waals surface area contributed by atoms with Crippen LogP contribution < -0.4 is 0 Å². The molecule has 0 radical (unpaired) electrons. The number of phenols is 1. The van der Waals surface area contributed by atoms with Crippen LogP contribution in [0, 0.1) is 19.7 Å². The third-order valence-corrected chi connectivity index (χ3v) is 4.84. The van der Waals surface area contributed by atoms with Crippen LogP contribution in [0.5, 0.6) is 5.75 Å². The van der Waals surface area contributed by atoms with E-state index in [1.54, 1.807) is 30.5 Å². The molecular formula is C21H16ClFN2O. The molecule has 130 valence electrons. The molecule has 3 nitrogen and oxygen atoms in total. The first-order valence-electron chi connectivity index (χ1n) is 8.17. The van der Waals surface area contributed by atoms with Gasteiger partial charge in [-0.05, 0) is 60.4 Å². The number of aromatic nitrogens is 2. The number of hydrogen-bond acceptors (Lipinski definition) is 2. The predicted octanol–water partition coefficient (Wildman–Crippen LogP) is 5.78. The summed E-state index contributed by atoms with van der Waals surface area (Å²) in [5, 5.41) is 10.3. The van der Waals surface area contributed by atoms with Gasteiger partial charge in [-0.2, -0.15) is 0 Å². The first-order valence-corrected chi connectivity index (χ1v) is 8.55. The van der Waals surface area contributed by atoms with Crippen molar-refractivity contribution < 1.29 is 9.50 Å². The number of phenolic OH excluding ortho intramolecular Hbond substituents is 1. The number of rotatable bonds is 2. The van der Waals surface area contributed by atoms with E-state index in [2.05, 4.69) is 4.98 Å². The van der Waals surface area contributed by atoms with Crippen LogP contribution in [0.4, 0.5) is 4.39 Å². The molecule has 0 unspecified atom stereocenters. The van der Waals surface area contributed by atoms with Crippen molar-refractivity contribution >= 4 is 17.1 Å². The molecule has 2 aromatic heterocycles. The van der Waals surface area contributed by atoms with Gasteiger partial charge in [0.1, 0.15) is 11.6 Å². The maximum Gasteiger partial charge on any atom is 0.153 e. The zero-order chi connectivity index (χ0) is 18.4. The zero-order valence-electron chi connectivity index (χ0n) is 14.3. The first kappa shape index (κ1) is 16.6. The Kier molecular flexibility index (Phi) is 3.93. The van der Waals surface area contributed by atoms with Crippen LogP contribution in [-0.2, 0) is 0 Å². The zero-order valence-corrected chi connectivity index (χ0v) is 15.0. The van der Waals surface area contributed by atoms with Crippen LogP contribution >= 0.6 is 11.6 Å². The van der Waals surface area contributed by atoms with Gasteiger partial charge >= 0.3 is 0 Å². The van der Waals surface area contributed by atoms with Gasteiger partial charge in [-0.15, -0.1) is 0 Å². The van der Waals surface area contributed by atoms with Crippen LogP contribution in [-0.4, -0.2) is 14.5 Å². The fourth-order valence-corrected chi connectivity index (χ4v) is 3.77. The highest BCUT2D eigenvalue weighted by Crippen LogP contribution is 2.42. The molecule has 26 heavy (non-hydrogen) atoms. The lowest BCUT2D eigenvalue weighted by atomic mass is 9.91. The second-order valence-electron chi connectivity index (χ2n) is 6.35. The maximum absolute atomic E-state index is 13.4. The van der Waals surface area contributed by atoms with Crippen molar-refractivity contribution in [3.8, 4) is 28.0 Å². The van der Waals surface area contributed by atoms with Crippen LogP contribution in [0.1, 0.15) is 11.1 Å². The number of nitrogens with zero attached hydrogens (tertiary/aromatic N) is 2. The summed E-state index contributed by atoms with van der Waals surface area (Å²) in [6.45, 7) is 3.90. The minimum absolute atomic E-state index is 0.222. The molecule has 0 spiro atoms. The molecule has 1 N–H and O–H groups in total. The molecule has 0 aliphatic heterocycles. The number of aromatic hydroxyl groups is 1. The molecule has 0 amide bonds. The summed E-state index contributed by atoms with van der Waals surface area (Å²) < 4.78 is 15.3. The van der Waals surface area contributed by atoms with Gasteiger partial charge in [0.25, 0.3) is 0 Å². The number of aryl methyl sites for hydroxylation is 2. The molecule has 4 aromatic rings. The maximum atomic E-state index is 13.4. The smallest absolute Gasteiger partial charge is 0.153 e. The summed E-state index contributed by atoms with van der Waals surface area (Å²) in [6.07, 6.45) is 5.45. The van der Waals surface area contributed by atoms with E-state index in [9.17, 15) is 9.50 Å². The van der Waals surface area contributed by atoms with Crippen molar-refractivity contribution in [3.05, 3.63) is 77.1 Å². The number of fused-ring (bicyclic) bond motifs is 1. The van der Waals surface area contributed by atoms with E-state index in [0.717, 1.165) is 38.9 Å². The van der Waals surface area contributed by atoms with Crippen molar-refractivity contribution in [2.75, 3.05) is 0 Å². The van der Waals surface area contributed by atoms with E-state index >= 15 is 0 Å². The van der Waals surface area contributed by atoms with Crippen LogP contribution in [0.25, 0.3) is 27.8 Å². The third-order valence-electron chi connectivity index (χ3n) is 4.57. The van der Waals surface area contributed by atoms with Gasteiger partial charge in [-0.1, -0.05) is 23.7 Å². The van der Waals surface area contributed by atoms with E-state index in [-0.39, 0.29) is 11.6 Å². The Balaban J connectivity index is 2.13. The first-order chi connectivity index (χ1) is 12.5. The average Bonchev–Trinajstić information content (AvgIpc) is 2.95. The van der Waals surface area contributed by atoms with Crippen molar-refractivity contribution in [1.82, 2.24) is 9.38 Å². The van der Waals surface area contributed by atoms with Gasteiger partial charge in [0, 0.05) is 29.7 Å². The number of benzene rings is 2. The molecule has 0 atom stereocenters. The molecule has 0 fully saturated rings. The standard InChI is InChI=1S/C21H16ClFN2O/c1-12-9-16(26)10-13(2)18(12)19-17(14-3-5-15(23)6-4-14)11-25-8-7-24-21(22)20(19)25/h3-11,26H,1-2H3. The van der Waals surface area contributed by atoms with Gasteiger partial charge in [-0.3, -0.25) is 0 Å². The number of hydrogen-bond donors (Lipinski definition) is 1. The second kappa shape index (κ2) is 6.15. The lowest BCUT2D eigenvalue weighted by Crippen LogP contribution is -1.92. The predicted molar refractivity (Wildman–Crippen MR) is 102 cm³/mol. The highest BCUT2D eigenvalue weighted by atomic mass is 35.5. The molecule has 2 aromatic carbocycles. The summed E-state index contributed by atoms with van der Waals surface area (Å²) in [5.74, 6) is -0.0597. The Labute approximate surface area is 155 Å². The SMILES string of the molecule is Cc1cc(O)cc(C)c1-c1c(-c2ccc(F)cc2)cn2ccnc(Cl)c12. The van der Waals surface area contributed by atoms with Gasteiger partial charge in [-0.25, -0.2) is 9.37 Å². The van der Waals surface area contributed by atoms with Gasteiger partial charge < -0.3 is 9.51 Å². The molecule has 4 rings (SSSR count). The van der Waals surface area contributed by atoms with Crippen molar-refractivity contribution in [2.24, 2.45) is 0 Å². The molecular weight excluding hydrogens is 351 g/mol. The lowest BCUT2D eigenvalue weighted by molar-refractivity contribution is 0.474. The van der Waals surface area contributed by atoms with Crippen LogP contribution in [0.3, 0.4) is 0 Å². The lowest BCUT2D eigenvalue weighted by Gasteiger charge is -2.13. The minimum Gasteiger partial charge on any atom is -0.508 e. The molecule has 0 saturated heterocycles. The Bertz CT molecular complexity index is 1110. The summed E-state index contributed by atoms with van der Waals surface area (Å²) in [5.41, 5.74) is 6.36. The molecule has 0 saturated carbocycles. The average molecular weight is 367 g/mol. The van der Waals surface area contributed by atoms with E-state index in [0.29, 0.717) is 5.15 Å². The minimum atomic E-state index is -0.282. The summed E-state index contributed by atoms with van der Waals surface area (Å²) >= 11 is 6.43. The van der Waals surface area contributed by atoms with E-state index in [4.69, 9.17) is 11.6 Å². The van der Waals surface area contributed by atoms with E-state index < -0.39 is 0 Å². The Morgan fingerprint density at radius 3 is 2.35 bits per heavy atom. The van der Waals surface area contributed by atoms with Crippen LogP contribution in [0.2, 0.25) is 5.15 Å². The number of halogens is 2. The Morgan fingerprint density at radius 2 is 1.69 bits per heavy atom. The Morgan fingerprint density at radius 1 is 1.04 bits per heavy atom. The normalized spacial score (nSPS) is 11.2. The van der Waals surface area contributed by atoms with Crippen molar-refractivity contribution in [3.63, 3.8) is 0 Å². The van der Waals surface area contributed by atoms with Crippen molar-refractivity contribution in [1.29, 1.82) is 0 Å². The van der Waals surface area contributed by atoms with E-state index in [1.807, 2.05) is 30.6 Å². The molecule has 0 aliphatic carbocycles. The molecule has 0 aliphatic rings. The second-order valence-corrected chi connectivity index (χ2v) is 6.71. The summed E-state index contributed by atoms with van der Waals surface area (Å²) in [4.78, 5) is 4.23. The Hall–Kier alpha value is -2.85. The fraction of sp³-hybridized carbons (Fsp3) is 0.0952. The molecule has 5 heteroatoms. The largest absolute Gasteiger partial charge is 0.508 e. The van der Waals surface area contributed by atoms with Gasteiger partial charge in [0.15, 0.2) is 5.15 Å². The quantitative estimate of drug-likeness (QED) is 0.488. The van der Waals surface area contributed by atoms with Gasteiger partial charge in [0.05, 0.1) is 5.52 Å². The summed E-state index contributed by atoms with van der Waals surface area (Å²) in [7, 11) is 0. The van der Waals surface area contributed by atoms with Gasteiger partial charge in [0.2, 0.25) is 0 Å². The topological polar surface area (TPSA) is 37.5 Å². The fourth-order valence-electron chi connectivity index (χ4n) is 3.52. The highest BCUT2D eigenvalue weighted by Gasteiger charge is 2.20. The van der Waals surface area contributed by atoms with E-state index in [1.165, 1.54) is 12.1 Å². The van der Waals surface area contributed by atoms with Crippen LogP contribution in [0.15, 0.2) is 55.0 Å². The molecule has 2 heterocycles. The monoisotopic (exact) mass is 366 g/mol. The molecule has 0 bridgehead atoms. The highest BCUT2D eigenvalue weighted by molar-refractivity contribution is 6.33. The van der Waals surface area contributed by atoms with Crippen molar-refractivity contribution in [2.45, 2.75) is 13.8 Å². The third kappa shape index (κ3) is 2.63.